The van der Waals surface area contributed by atoms with E-state index in [4.69, 9.17) is 5.11 Å². The number of benzene rings is 1. The van der Waals surface area contributed by atoms with E-state index in [1.165, 1.54) is 0 Å². The zero-order valence-corrected chi connectivity index (χ0v) is 11.0. The van der Waals surface area contributed by atoms with Gasteiger partial charge in [-0.05, 0) is 37.3 Å². The van der Waals surface area contributed by atoms with E-state index in [1.54, 1.807) is 12.1 Å². The van der Waals surface area contributed by atoms with E-state index >= 15 is 0 Å². The summed E-state index contributed by atoms with van der Waals surface area (Å²) in [5.41, 5.74) is 0.618. The summed E-state index contributed by atoms with van der Waals surface area (Å²) in [7, 11) is 0. The molecule has 1 amide bonds. The van der Waals surface area contributed by atoms with Crippen LogP contribution in [0.15, 0.2) is 30.3 Å². The maximum atomic E-state index is 12.0. The first-order valence-electron chi connectivity index (χ1n) is 6.65. The lowest BCUT2D eigenvalue weighted by Gasteiger charge is -2.31. The van der Waals surface area contributed by atoms with Gasteiger partial charge in [-0.25, -0.2) is 0 Å². The van der Waals surface area contributed by atoms with Crippen LogP contribution in [0.3, 0.4) is 0 Å². The summed E-state index contributed by atoms with van der Waals surface area (Å²) in [6.07, 6.45) is 2.08. The maximum absolute atomic E-state index is 12.0. The molecule has 4 nitrogen and oxygen atoms in total. The quantitative estimate of drug-likeness (QED) is 0.877. The Balaban J connectivity index is 1.98. The zero-order valence-electron chi connectivity index (χ0n) is 11.0. The molecule has 3 unspecified atom stereocenters. The van der Waals surface area contributed by atoms with E-state index in [9.17, 15) is 9.59 Å². The van der Waals surface area contributed by atoms with Gasteiger partial charge < -0.3 is 10.4 Å². The third kappa shape index (κ3) is 3.56. The van der Waals surface area contributed by atoms with Crippen LogP contribution < -0.4 is 5.32 Å². The summed E-state index contributed by atoms with van der Waals surface area (Å²) in [6, 6.07) is 8.97. The smallest absolute Gasteiger partial charge is 0.306 e. The van der Waals surface area contributed by atoms with Gasteiger partial charge in [-0.15, -0.1) is 0 Å². The highest BCUT2D eigenvalue weighted by molar-refractivity contribution is 5.94. The zero-order chi connectivity index (χ0) is 13.8. The molecule has 0 radical (unpaired) electrons. The number of hydrogen-bond acceptors (Lipinski definition) is 2. The number of carboxylic acids is 1. The van der Waals surface area contributed by atoms with Crippen molar-refractivity contribution >= 4 is 11.9 Å². The predicted molar refractivity (Wildman–Crippen MR) is 71.8 cm³/mol. The lowest BCUT2D eigenvalue weighted by molar-refractivity contribution is -0.143. The van der Waals surface area contributed by atoms with Crippen molar-refractivity contribution < 1.29 is 14.7 Å². The molecule has 0 saturated heterocycles. The van der Waals surface area contributed by atoms with E-state index in [0.29, 0.717) is 24.3 Å². The summed E-state index contributed by atoms with van der Waals surface area (Å²) in [6.45, 7) is 2.04. The molecular weight excluding hydrogens is 242 g/mol. The van der Waals surface area contributed by atoms with Crippen molar-refractivity contribution in [2.75, 3.05) is 0 Å². The molecule has 1 aliphatic carbocycles. The predicted octanol–water partition coefficient (Wildman–Crippen LogP) is 2.31. The van der Waals surface area contributed by atoms with Crippen LogP contribution in [0.5, 0.6) is 0 Å². The SMILES string of the molecule is CC1CC(NC(=O)c2ccccc2)CC(C(=O)O)C1. The molecule has 1 aliphatic rings. The maximum Gasteiger partial charge on any atom is 0.306 e. The van der Waals surface area contributed by atoms with Crippen LogP contribution in [0.1, 0.15) is 36.5 Å². The van der Waals surface area contributed by atoms with Gasteiger partial charge >= 0.3 is 5.97 Å². The fourth-order valence-corrected chi connectivity index (χ4v) is 2.78. The second-order valence-electron chi connectivity index (χ2n) is 5.38. The summed E-state index contributed by atoms with van der Waals surface area (Å²) in [4.78, 5) is 23.1. The molecule has 0 spiro atoms. The van der Waals surface area contributed by atoms with Crippen molar-refractivity contribution in [2.24, 2.45) is 11.8 Å². The molecule has 19 heavy (non-hydrogen) atoms. The first kappa shape index (κ1) is 13.6. The van der Waals surface area contributed by atoms with Gasteiger partial charge in [0, 0.05) is 11.6 Å². The highest BCUT2D eigenvalue weighted by atomic mass is 16.4. The summed E-state index contributed by atoms with van der Waals surface area (Å²) in [5.74, 6) is -0.893. The summed E-state index contributed by atoms with van der Waals surface area (Å²) in [5, 5.41) is 12.1. The standard InChI is InChI=1S/C15H19NO3/c1-10-7-12(15(18)19)9-13(8-10)16-14(17)11-5-3-2-4-6-11/h2-6,10,12-13H,7-9H2,1H3,(H,16,17)(H,18,19). The lowest BCUT2D eigenvalue weighted by atomic mass is 9.79. The minimum Gasteiger partial charge on any atom is -0.481 e. The highest BCUT2D eigenvalue weighted by Gasteiger charge is 2.31. The van der Waals surface area contributed by atoms with Gasteiger partial charge in [-0.2, -0.15) is 0 Å². The largest absolute Gasteiger partial charge is 0.481 e. The molecule has 1 fully saturated rings. The molecule has 0 bridgehead atoms. The summed E-state index contributed by atoms with van der Waals surface area (Å²) < 4.78 is 0. The first-order chi connectivity index (χ1) is 9.06. The molecule has 0 aromatic heterocycles. The van der Waals surface area contributed by atoms with Crippen LogP contribution in [-0.2, 0) is 4.79 Å². The van der Waals surface area contributed by atoms with Crippen LogP contribution >= 0.6 is 0 Å². The van der Waals surface area contributed by atoms with Crippen LogP contribution in [0.2, 0.25) is 0 Å². The van der Waals surface area contributed by atoms with Crippen molar-refractivity contribution in [3.63, 3.8) is 0 Å². The Morgan fingerprint density at radius 3 is 2.47 bits per heavy atom. The monoisotopic (exact) mass is 261 g/mol. The van der Waals surface area contributed by atoms with Crippen molar-refractivity contribution in [2.45, 2.75) is 32.2 Å². The number of carbonyl (C=O) groups excluding carboxylic acids is 1. The molecule has 1 saturated carbocycles. The molecule has 2 rings (SSSR count). The van der Waals surface area contributed by atoms with Crippen molar-refractivity contribution in [3.05, 3.63) is 35.9 Å². The molecule has 1 aromatic carbocycles. The Hall–Kier alpha value is -1.84. The van der Waals surface area contributed by atoms with Gasteiger partial charge in [-0.1, -0.05) is 25.1 Å². The Labute approximate surface area is 112 Å². The Bertz CT molecular complexity index is 458. The van der Waals surface area contributed by atoms with Crippen molar-refractivity contribution in [3.8, 4) is 0 Å². The van der Waals surface area contributed by atoms with Crippen LogP contribution in [0.25, 0.3) is 0 Å². The van der Waals surface area contributed by atoms with E-state index in [0.717, 1.165) is 6.42 Å². The van der Waals surface area contributed by atoms with Crippen molar-refractivity contribution in [1.82, 2.24) is 5.32 Å². The van der Waals surface area contributed by atoms with Crippen LogP contribution in [0, 0.1) is 11.8 Å². The third-order valence-electron chi connectivity index (χ3n) is 3.66. The molecule has 0 aliphatic heterocycles. The van der Waals surface area contributed by atoms with Crippen molar-refractivity contribution in [1.29, 1.82) is 0 Å². The van der Waals surface area contributed by atoms with Crippen LogP contribution in [-0.4, -0.2) is 23.0 Å². The molecule has 3 atom stereocenters. The average Bonchev–Trinajstić information content (AvgIpc) is 2.39. The Morgan fingerprint density at radius 1 is 1.16 bits per heavy atom. The molecule has 2 N–H and O–H groups in total. The topological polar surface area (TPSA) is 66.4 Å². The lowest BCUT2D eigenvalue weighted by Crippen LogP contribution is -2.42. The van der Waals surface area contributed by atoms with E-state index in [-0.39, 0.29) is 17.9 Å². The molecule has 4 heteroatoms. The molecule has 102 valence electrons. The van der Waals surface area contributed by atoms with Gasteiger partial charge in [0.25, 0.3) is 5.91 Å². The van der Waals surface area contributed by atoms with Gasteiger partial charge in [0.1, 0.15) is 0 Å². The number of carboxylic acid groups (broad SMARTS) is 1. The second-order valence-corrected chi connectivity index (χ2v) is 5.38. The second kappa shape index (κ2) is 5.87. The van der Waals surface area contributed by atoms with Gasteiger partial charge in [-0.3, -0.25) is 9.59 Å². The van der Waals surface area contributed by atoms with Crippen LogP contribution in [0.4, 0.5) is 0 Å². The number of aliphatic carboxylic acids is 1. The van der Waals surface area contributed by atoms with Gasteiger partial charge in [0.2, 0.25) is 0 Å². The minimum atomic E-state index is -0.759. The normalized spacial score (nSPS) is 26.7. The summed E-state index contributed by atoms with van der Waals surface area (Å²) >= 11 is 0. The Morgan fingerprint density at radius 2 is 1.84 bits per heavy atom. The van der Waals surface area contributed by atoms with E-state index in [1.807, 2.05) is 25.1 Å². The fraction of sp³-hybridized carbons (Fsp3) is 0.467. The molecule has 1 aromatic rings. The van der Waals surface area contributed by atoms with E-state index in [2.05, 4.69) is 5.32 Å². The highest BCUT2D eigenvalue weighted by Crippen LogP contribution is 2.29. The molecule has 0 heterocycles. The fourth-order valence-electron chi connectivity index (χ4n) is 2.78. The van der Waals surface area contributed by atoms with Gasteiger partial charge in [0.15, 0.2) is 0 Å². The average molecular weight is 261 g/mol. The number of amides is 1. The first-order valence-corrected chi connectivity index (χ1v) is 6.65. The third-order valence-corrected chi connectivity index (χ3v) is 3.66. The number of carbonyl (C=O) groups is 2. The van der Waals surface area contributed by atoms with E-state index < -0.39 is 5.97 Å². The number of rotatable bonds is 3. The Kier molecular flexibility index (Phi) is 4.20. The molecular formula is C15H19NO3. The number of nitrogens with one attached hydrogen (secondary N) is 1. The number of hydrogen-bond donors (Lipinski definition) is 2. The minimum absolute atomic E-state index is 0.0439. The van der Waals surface area contributed by atoms with Gasteiger partial charge in [0.05, 0.1) is 5.92 Å².